The van der Waals surface area contributed by atoms with Crippen molar-refractivity contribution in [1.82, 2.24) is 30.2 Å². The minimum absolute atomic E-state index is 0.0411. The average molecular weight is 329 g/mol. The van der Waals surface area contributed by atoms with Gasteiger partial charge in [0.25, 0.3) is 5.91 Å². The molecule has 1 amide bonds. The number of hydrogen-bond donors (Lipinski definition) is 2. The Morgan fingerprint density at radius 2 is 1.91 bits per heavy atom. The van der Waals surface area contributed by atoms with Gasteiger partial charge in [-0.05, 0) is 0 Å². The van der Waals surface area contributed by atoms with Crippen LogP contribution in [0.25, 0.3) is 0 Å². The number of halogens is 3. The van der Waals surface area contributed by atoms with E-state index in [0.29, 0.717) is 0 Å². The lowest BCUT2D eigenvalue weighted by Gasteiger charge is -2.27. The Kier molecular flexibility index (Phi) is 3.60. The van der Waals surface area contributed by atoms with Crippen LogP contribution in [0.3, 0.4) is 0 Å². The van der Waals surface area contributed by atoms with Crippen LogP contribution >= 0.6 is 0 Å². The van der Waals surface area contributed by atoms with Gasteiger partial charge in [0.15, 0.2) is 5.82 Å². The Bertz CT molecular complexity index is 728. The standard InChI is InChI=1S/C11H10F3N7O2/c12-11(13,14)9-18-17-7-5-20(1-2-21(7)9)10-15-3-6(4-16-10)8(22)19-23/h3-4,23H,1-2,5H2,(H,19,22). The number of rotatable bonds is 2. The monoisotopic (exact) mass is 329 g/mol. The molecule has 0 spiro atoms. The van der Waals surface area contributed by atoms with Gasteiger partial charge in [-0.15, -0.1) is 10.2 Å². The minimum atomic E-state index is -4.55. The number of alkyl halides is 3. The fraction of sp³-hybridized carbons (Fsp3) is 0.364. The van der Waals surface area contributed by atoms with E-state index in [1.54, 1.807) is 4.90 Å². The quantitative estimate of drug-likeness (QED) is 0.599. The first-order chi connectivity index (χ1) is 10.9. The Morgan fingerprint density at radius 1 is 1.22 bits per heavy atom. The van der Waals surface area contributed by atoms with Gasteiger partial charge in [0.05, 0.1) is 12.1 Å². The molecule has 0 aromatic carbocycles. The van der Waals surface area contributed by atoms with Crippen LogP contribution in [-0.4, -0.2) is 42.4 Å². The maximum atomic E-state index is 12.8. The fourth-order valence-electron chi connectivity index (χ4n) is 2.20. The number of carbonyl (C=O) groups excluding carboxylic acids is 1. The smallest absolute Gasteiger partial charge is 0.331 e. The minimum Gasteiger partial charge on any atom is -0.331 e. The zero-order valence-corrected chi connectivity index (χ0v) is 11.4. The number of aromatic nitrogens is 5. The van der Waals surface area contributed by atoms with E-state index < -0.39 is 17.9 Å². The highest BCUT2D eigenvalue weighted by Crippen LogP contribution is 2.29. The van der Waals surface area contributed by atoms with Crippen LogP contribution in [0, 0.1) is 0 Å². The van der Waals surface area contributed by atoms with Gasteiger partial charge < -0.3 is 9.47 Å². The summed E-state index contributed by atoms with van der Waals surface area (Å²) in [5.41, 5.74) is 1.50. The highest BCUT2D eigenvalue weighted by Gasteiger charge is 2.39. The number of hydroxylamine groups is 1. The van der Waals surface area contributed by atoms with Crippen LogP contribution in [0.1, 0.15) is 22.0 Å². The van der Waals surface area contributed by atoms with Crippen LogP contribution < -0.4 is 10.4 Å². The molecule has 0 bridgehead atoms. The van der Waals surface area contributed by atoms with Crippen molar-refractivity contribution in [3.63, 3.8) is 0 Å². The van der Waals surface area contributed by atoms with Crippen molar-refractivity contribution in [3.05, 3.63) is 29.6 Å². The molecule has 1 aliphatic rings. The highest BCUT2D eigenvalue weighted by atomic mass is 19.4. The van der Waals surface area contributed by atoms with Crippen molar-refractivity contribution in [1.29, 1.82) is 0 Å². The summed E-state index contributed by atoms with van der Waals surface area (Å²) in [6, 6.07) is 0. The molecular weight excluding hydrogens is 319 g/mol. The molecule has 2 aromatic heterocycles. The second-order valence-corrected chi connectivity index (χ2v) is 4.72. The second kappa shape index (κ2) is 5.46. The first kappa shape index (κ1) is 15.1. The molecule has 23 heavy (non-hydrogen) atoms. The first-order valence-electron chi connectivity index (χ1n) is 6.41. The number of carbonyl (C=O) groups is 1. The zero-order chi connectivity index (χ0) is 16.6. The maximum absolute atomic E-state index is 12.8. The molecule has 0 atom stereocenters. The topological polar surface area (TPSA) is 109 Å². The van der Waals surface area contributed by atoms with E-state index in [1.165, 1.54) is 17.9 Å². The van der Waals surface area contributed by atoms with Crippen molar-refractivity contribution in [2.24, 2.45) is 0 Å². The van der Waals surface area contributed by atoms with Crippen molar-refractivity contribution >= 4 is 11.9 Å². The molecule has 0 fully saturated rings. The third-order valence-electron chi connectivity index (χ3n) is 3.29. The van der Waals surface area contributed by atoms with Gasteiger partial charge in [0.1, 0.15) is 0 Å². The Morgan fingerprint density at radius 3 is 2.52 bits per heavy atom. The largest absolute Gasteiger partial charge is 0.451 e. The van der Waals surface area contributed by atoms with Gasteiger partial charge in [0, 0.05) is 25.5 Å². The lowest BCUT2D eigenvalue weighted by Crippen LogP contribution is -2.36. The summed E-state index contributed by atoms with van der Waals surface area (Å²) in [5, 5.41) is 15.3. The van der Waals surface area contributed by atoms with Crippen LogP contribution in [0.2, 0.25) is 0 Å². The number of anilines is 1. The van der Waals surface area contributed by atoms with Gasteiger partial charge in [-0.25, -0.2) is 15.4 Å². The predicted molar refractivity (Wildman–Crippen MR) is 67.4 cm³/mol. The van der Waals surface area contributed by atoms with E-state index in [-0.39, 0.29) is 37.0 Å². The molecular formula is C11H10F3N7O2. The van der Waals surface area contributed by atoms with E-state index in [2.05, 4.69) is 20.2 Å². The molecule has 122 valence electrons. The van der Waals surface area contributed by atoms with Gasteiger partial charge in [0.2, 0.25) is 11.8 Å². The highest BCUT2D eigenvalue weighted by molar-refractivity contribution is 5.92. The summed E-state index contributed by atoms with van der Waals surface area (Å²) >= 11 is 0. The molecule has 3 rings (SSSR count). The van der Waals surface area contributed by atoms with Crippen molar-refractivity contribution in [2.45, 2.75) is 19.3 Å². The van der Waals surface area contributed by atoms with Crippen molar-refractivity contribution < 1.29 is 23.2 Å². The summed E-state index contributed by atoms with van der Waals surface area (Å²) in [7, 11) is 0. The molecule has 0 radical (unpaired) electrons. The Balaban J connectivity index is 1.80. The first-order valence-corrected chi connectivity index (χ1v) is 6.41. The van der Waals surface area contributed by atoms with Crippen LogP contribution in [0.5, 0.6) is 0 Å². The molecule has 0 unspecified atom stereocenters. The molecule has 1 aliphatic heterocycles. The molecule has 9 nitrogen and oxygen atoms in total. The Hall–Kier alpha value is -2.76. The van der Waals surface area contributed by atoms with Crippen LogP contribution in [0.15, 0.2) is 12.4 Å². The molecule has 0 aliphatic carbocycles. The lowest BCUT2D eigenvalue weighted by molar-refractivity contribution is -0.147. The van der Waals surface area contributed by atoms with Gasteiger partial charge in [-0.2, -0.15) is 13.2 Å². The predicted octanol–water partition coefficient (Wildman–Crippen LogP) is 0.226. The molecule has 2 aromatic rings. The van der Waals surface area contributed by atoms with E-state index in [9.17, 15) is 18.0 Å². The number of nitrogens with one attached hydrogen (secondary N) is 1. The summed E-state index contributed by atoms with van der Waals surface area (Å²) in [6.45, 7) is 0.341. The van der Waals surface area contributed by atoms with Gasteiger partial charge >= 0.3 is 6.18 Å². The van der Waals surface area contributed by atoms with Crippen LogP contribution in [-0.2, 0) is 19.3 Å². The van der Waals surface area contributed by atoms with Gasteiger partial charge in [-0.3, -0.25) is 10.0 Å². The van der Waals surface area contributed by atoms with Crippen molar-refractivity contribution in [2.75, 3.05) is 11.4 Å². The SMILES string of the molecule is O=C(NO)c1cnc(N2CCn3c(nnc3C(F)(F)F)C2)nc1. The molecule has 0 saturated heterocycles. The summed E-state index contributed by atoms with van der Waals surface area (Å²) in [4.78, 5) is 20.7. The Labute approximate surface area is 126 Å². The number of amides is 1. The fourth-order valence-corrected chi connectivity index (χ4v) is 2.20. The third kappa shape index (κ3) is 2.79. The van der Waals surface area contributed by atoms with Crippen molar-refractivity contribution in [3.8, 4) is 0 Å². The lowest BCUT2D eigenvalue weighted by atomic mass is 10.3. The van der Waals surface area contributed by atoms with E-state index >= 15 is 0 Å². The maximum Gasteiger partial charge on any atom is 0.451 e. The molecule has 12 heteroatoms. The van der Waals surface area contributed by atoms with Gasteiger partial charge in [-0.1, -0.05) is 0 Å². The summed E-state index contributed by atoms with van der Waals surface area (Å²) < 4.78 is 39.3. The van der Waals surface area contributed by atoms with E-state index in [4.69, 9.17) is 5.21 Å². The second-order valence-electron chi connectivity index (χ2n) is 4.72. The number of fused-ring (bicyclic) bond motifs is 1. The molecule has 3 heterocycles. The molecule has 2 N–H and O–H groups in total. The summed E-state index contributed by atoms with van der Waals surface area (Å²) in [5.74, 6) is -1.39. The zero-order valence-electron chi connectivity index (χ0n) is 11.4. The van der Waals surface area contributed by atoms with E-state index in [0.717, 1.165) is 4.57 Å². The van der Waals surface area contributed by atoms with E-state index in [1.807, 2.05) is 0 Å². The number of nitrogens with zero attached hydrogens (tertiary/aromatic N) is 6. The molecule has 0 saturated carbocycles. The average Bonchev–Trinajstić information content (AvgIpc) is 2.97. The summed E-state index contributed by atoms with van der Waals surface area (Å²) in [6.07, 6.45) is -2.15. The number of hydrogen-bond acceptors (Lipinski definition) is 7. The normalized spacial score (nSPS) is 14.5. The van der Waals surface area contributed by atoms with Crippen LogP contribution in [0.4, 0.5) is 19.1 Å². The third-order valence-corrected chi connectivity index (χ3v) is 3.29.